The second-order valence-electron chi connectivity index (χ2n) is 11.1. The Morgan fingerprint density at radius 1 is 1.25 bits per heavy atom. The monoisotopic (exact) mass is 493 g/mol. The Bertz CT molecular complexity index is 1150. The summed E-state index contributed by atoms with van der Waals surface area (Å²) in [6, 6.07) is 7.37. The number of amides is 1. The molecule has 2 aromatic rings. The van der Waals surface area contributed by atoms with Crippen LogP contribution >= 0.6 is 0 Å². The topological polar surface area (TPSA) is 114 Å². The fourth-order valence-corrected chi connectivity index (χ4v) is 5.50. The van der Waals surface area contributed by atoms with Crippen LogP contribution in [0.15, 0.2) is 46.4 Å². The third-order valence-electron chi connectivity index (χ3n) is 8.11. The van der Waals surface area contributed by atoms with Gasteiger partial charge in [0.1, 0.15) is 0 Å². The van der Waals surface area contributed by atoms with Crippen molar-refractivity contribution in [3.8, 4) is 0 Å². The smallest absolute Gasteiger partial charge is 0.269 e. The van der Waals surface area contributed by atoms with E-state index in [1.54, 1.807) is 18.5 Å². The van der Waals surface area contributed by atoms with E-state index in [9.17, 15) is 14.7 Å². The van der Waals surface area contributed by atoms with E-state index in [2.05, 4.69) is 9.98 Å². The zero-order valence-corrected chi connectivity index (χ0v) is 21.5. The molecule has 1 aromatic heterocycles. The van der Waals surface area contributed by atoms with Crippen LogP contribution < -0.4 is 11.3 Å². The van der Waals surface area contributed by atoms with Gasteiger partial charge in [-0.2, -0.15) is 0 Å². The van der Waals surface area contributed by atoms with Crippen LogP contribution in [0.25, 0.3) is 0 Å². The van der Waals surface area contributed by atoms with Gasteiger partial charge in [-0.1, -0.05) is 64.2 Å². The van der Waals surface area contributed by atoms with Crippen LogP contribution in [-0.4, -0.2) is 50.4 Å². The van der Waals surface area contributed by atoms with Gasteiger partial charge in [-0.15, -0.1) is 0 Å². The molecule has 1 atom stereocenters. The van der Waals surface area contributed by atoms with Gasteiger partial charge in [-0.25, -0.2) is 9.98 Å². The van der Waals surface area contributed by atoms with Crippen LogP contribution in [0.1, 0.15) is 70.8 Å². The number of benzene rings is 1. The molecule has 1 saturated carbocycles. The number of para-hydroxylation sites is 1. The minimum Gasteiger partial charge on any atom is -0.398 e. The Labute approximate surface area is 213 Å². The predicted molar refractivity (Wildman–Crippen MR) is 142 cm³/mol. The Morgan fingerprint density at radius 3 is 2.72 bits per heavy atom. The number of aromatic nitrogens is 2. The number of aliphatic imine (C=N–C) groups is 1. The number of hydrogen-bond acceptors (Lipinski definition) is 6. The summed E-state index contributed by atoms with van der Waals surface area (Å²) in [5.41, 5.74) is 5.30. The third-order valence-corrected chi connectivity index (χ3v) is 8.11. The predicted octanol–water partition coefficient (Wildman–Crippen LogP) is 3.93. The molecule has 1 aromatic carbocycles. The van der Waals surface area contributed by atoms with Crippen LogP contribution in [0.2, 0.25) is 0 Å². The third kappa shape index (κ3) is 6.03. The molecule has 1 amide bonds. The highest BCUT2D eigenvalue weighted by Crippen LogP contribution is 2.40. The molecule has 2 heterocycles. The van der Waals surface area contributed by atoms with Crippen molar-refractivity contribution >= 4 is 23.6 Å². The molecule has 4 rings (SSSR count). The minimum atomic E-state index is -1.15. The van der Waals surface area contributed by atoms with E-state index in [4.69, 9.17) is 5.73 Å². The molecule has 1 aliphatic heterocycles. The molecule has 0 spiro atoms. The summed E-state index contributed by atoms with van der Waals surface area (Å²) in [5, 5.41) is 11.7. The van der Waals surface area contributed by atoms with Gasteiger partial charge in [0.2, 0.25) is 5.91 Å². The van der Waals surface area contributed by atoms with Crippen molar-refractivity contribution in [1.82, 2.24) is 14.5 Å². The maximum atomic E-state index is 13.0. The van der Waals surface area contributed by atoms with Crippen molar-refractivity contribution in [3.63, 3.8) is 0 Å². The van der Waals surface area contributed by atoms with Gasteiger partial charge in [-0.05, 0) is 24.8 Å². The van der Waals surface area contributed by atoms with Crippen LogP contribution in [0.4, 0.5) is 11.5 Å². The molecular formula is C28H39N5O3. The van der Waals surface area contributed by atoms with Gasteiger partial charge < -0.3 is 20.3 Å². The maximum Gasteiger partial charge on any atom is 0.269 e. The number of hydrogen-bond donors (Lipinski definition) is 2. The van der Waals surface area contributed by atoms with Crippen molar-refractivity contribution in [2.24, 2.45) is 16.3 Å². The molecule has 194 valence electrons. The maximum absolute atomic E-state index is 13.0. The number of aliphatic hydroxyl groups is 1. The highest BCUT2D eigenvalue weighted by Gasteiger charge is 2.48. The van der Waals surface area contributed by atoms with Gasteiger partial charge in [-0.3, -0.25) is 9.59 Å². The van der Waals surface area contributed by atoms with E-state index >= 15 is 0 Å². The SMILES string of the molecule is CC1(C)CN(C(=O)CCC2CCCCC2)CCC1(O)Cn1cc(N=Cc2ccccc2N)ncc1=O. The lowest BCUT2D eigenvalue weighted by atomic mass is 9.69. The standard InChI is InChI=1S/C28H39N5O3/c1-27(2)19-32(25(34)13-12-21-8-4-3-5-9-21)15-14-28(27,36)20-33-18-24(31-17-26(33)35)30-16-22-10-6-7-11-23(22)29/h6-7,10-11,16-18,21,36H,3-5,8-9,12-15,19-20,29H2,1-2H3. The van der Waals surface area contributed by atoms with Crippen molar-refractivity contribution in [2.45, 2.75) is 77.4 Å². The molecule has 8 heteroatoms. The number of nitrogen functional groups attached to an aromatic ring is 1. The summed E-state index contributed by atoms with van der Waals surface area (Å²) >= 11 is 0. The fraction of sp³-hybridized carbons (Fsp3) is 0.571. The average Bonchev–Trinajstić information content (AvgIpc) is 2.86. The lowest BCUT2D eigenvalue weighted by Gasteiger charge is -2.50. The number of carbonyl (C=O) groups is 1. The van der Waals surface area contributed by atoms with Crippen molar-refractivity contribution in [3.05, 3.63) is 52.6 Å². The quantitative estimate of drug-likeness (QED) is 0.448. The fourth-order valence-electron chi connectivity index (χ4n) is 5.50. The summed E-state index contributed by atoms with van der Waals surface area (Å²) in [4.78, 5) is 35.9. The first kappa shape index (κ1) is 26.1. The zero-order valence-electron chi connectivity index (χ0n) is 21.5. The van der Waals surface area contributed by atoms with E-state index in [1.807, 2.05) is 36.9 Å². The lowest BCUT2D eigenvalue weighted by molar-refractivity contribution is -0.154. The molecular weight excluding hydrogens is 454 g/mol. The first-order chi connectivity index (χ1) is 17.2. The van der Waals surface area contributed by atoms with Crippen LogP contribution in [0.3, 0.4) is 0 Å². The van der Waals surface area contributed by atoms with E-state index in [1.165, 1.54) is 42.9 Å². The molecule has 8 nitrogen and oxygen atoms in total. The Kier molecular flexibility index (Phi) is 7.93. The van der Waals surface area contributed by atoms with E-state index < -0.39 is 11.0 Å². The van der Waals surface area contributed by atoms with Gasteiger partial charge in [0, 0.05) is 42.4 Å². The Hall–Kier alpha value is -3.00. The van der Waals surface area contributed by atoms with E-state index in [-0.39, 0.29) is 18.0 Å². The van der Waals surface area contributed by atoms with Gasteiger partial charge in [0.05, 0.1) is 24.5 Å². The van der Waals surface area contributed by atoms with Gasteiger partial charge >= 0.3 is 0 Å². The normalized spacial score (nSPS) is 22.7. The number of likely N-dealkylation sites (tertiary alicyclic amines) is 1. The molecule has 36 heavy (non-hydrogen) atoms. The summed E-state index contributed by atoms with van der Waals surface area (Å²) in [5.74, 6) is 1.20. The molecule has 1 saturated heterocycles. The summed E-state index contributed by atoms with van der Waals surface area (Å²) in [7, 11) is 0. The molecule has 2 aliphatic rings. The highest BCUT2D eigenvalue weighted by atomic mass is 16.3. The second kappa shape index (κ2) is 10.9. The van der Waals surface area contributed by atoms with Crippen LogP contribution in [-0.2, 0) is 11.3 Å². The average molecular weight is 494 g/mol. The highest BCUT2D eigenvalue weighted by molar-refractivity contribution is 5.88. The molecule has 0 bridgehead atoms. The first-order valence-corrected chi connectivity index (χ1v) is 13.1. The van der Waals surface area contributed by atoms with E-state index in [0.717, 1.165) is 12.0 Å². The minimum absolute atomic E-state index is 0.113. The molecule has 3 N–H and O–H groups in total. The van der Waals surface area contributed by atoms with Gasteiger partial charge in [0.15, 0.2) is 5.82 Å². The number of piperidine rings is 1. The Morgan fingerprint density at radius 2 is 2.00 bits per heavy atom. The van der Waals surface area contributed by atoms with Gasteiger partial charge in [0.25, 0.3) is 5.56 Å². The molecule has 1 aliphatic carbocycles. The summed E-state index contributed by atoms with van der Waals surface area (Å²) in [6.07, 6.45) is 12.7. The number of anilines is 1. The number of carbonyl (C=O) groups excluding carboxylic acids is 1. The number of nitrogens with zero attached hydrogens (tertiary/aromatic N) is 4. The largest absolute Gasteiger partial charge is 0.398 e. The lowest BCUT2D eigenvalue weighted by Crippen LogP contribution is -2.60. The molecule has 1 unspecified atom stereocenters. The van der Waals surface area contributed by atoms with E-state index in [0.29, 0.717) is 43.4 Å². The first-order valence-electron chi connectivity index (χ1n) is 13.1. The summed E-state index contributed by atoms with van der Waals surface area (Å²) < 4.78 is 1.47. The van der Waals surface area contributed by atoms with Crippen molar-refractivity contribution < 1.29 is 9.90 Å². The van der Waals surface area contributed by atoms with Crippen molar-refractivity contribution in [2.75, 3.05) is 18.8 Å². The molecule has 0 radical (unpaired) electrons. The second-order valence-corrected chi connectivity index (χ2v) is 11.1. The Balaban J connectivity index is 1.42. The van der Waals surface area contributed by atoms with Crippen molar-refractivity contribution in [1.29, 1.82) is 0 Å². The summed E-state index contributed by atoms with van der Waals surface area (Å²) in [6.45, 7) is 5.00. The van der Waals surface area contributed by atoms with Crippen LogP contribution in [0, 0.1) is 11.3 Å². The number of rotatable bonds is 7. The van der Waals surface area contributed by atoms with Crippen LogP contribution in [0.5, 0.6) is 0 Å². The molecule has 2 fully saturated rings. The zero-order chi connectivity index (χ0) is 25.8. The number of nitrogens with two attached hydrogens (primary N) is 1.